The monoisotopic (exact) mass is 357 g/mol. The molecule has 1 aromatic carbocycles. The maximum absolute atomic E-state index is 13.0. The van der Waals surface area contributed by atoms with Gasteiger partial charge >= 0.3 is 0 Å². The molecule has 1 aromatic heterocycles. The summed E-state index contributed by atoms with van der Waals surface area (Å²) < 4.78 is 14.1. The van der Waals surface area contributed by atoms with Crippen LogP contribution in [-0.4, -0.2) is 10.9 Å². The summed E-state index contributed by atoms with van der Waals surface area (Å²) in [7, 11) is 0. The minimum Gasteiger partial charge on any atom is -0.383 e. The molecule has 0 radical (unpaired) electrons. The molecule has 0 atom stereocenters. The van der Waals surface area contributed by atoms with Gasteiger partial charge < -0.3 is 11.1 Å². The lowest BCUT2D eigenvalue weighted by molar-refractivity contribution is 0.102. The lowest BCUT2D eigenvalue weighted by Gasteiger charge is -2.07. The molecule has 0 aliphatic carbocycles. The van der Waals surface area contributed by atoms with Gasteiger partial charge in [-0.3, -0.25) is 4.79 Å². The highest BCUT2D eigenvalue weighted by Gasteiger charge is 2.12. The number of pyridine rings is 1. The van der Waals surface area contributed by atoms with Gasteiger partial charge in [-0.05, 0) is 52.9 Å². The Kier molecular flexibility index (Phi) is 3.75. The van der Waals surface area contributed by atoms with E-state index in [1.165, 1.54) is 0 Å². The number of nitrogens with two attached hydrogens (primary N) is 1. The number of nitrogen functional groups attached to an aromatic ring is 1. The number of carbonyl (C=O) groups is 1. The molecule has 0 spiro atoms. The molecule has 1 amide bonds. The molecule has 0 saturated heterocycles. The van der Waals surface area contributed by atoms with Gasteiger partial charge in [-0.15, -0.1) is 0 Å². The lowest BCUT2D eigenvalue weighted by atomic mass is 10.2. The number of amides is 1. The number of benzene rings is 1. The van der Waals surface area contributed by atoms with E-state index in [0.717, 1.165) is 15.8 Å². The molecule has 0 saturated carbocycles. The Balaban J connectivity index is 2.21. The summed E-state index contributed by atoms with van der Waals surface area (Å²) in [6.07, 6.45) is 0.969. The van der Waals surface area contributed by atoms with Gasteiger partial charge in [-0.2, -0.15) is 0 Å². The van der Waals surface area contributed by atoms with E-state index in [2.05, 4.69) is 32.9 Å². The van der Waals surface area contributed by atoms with Crippen LogP contribution in [0.1, 0.15) is 10.4 Å². The van der Waals surface area contributed by atoms with Crippen molar-refractivity contribution in [1.82, 2.24) is 4.98 Å². The van der Waals surface area contributed by atoms with E-state index in [4.69, 9.17) is 5.73 Å². The topological polar surface area (TPSA) is 68.0 Å². The number of hydrogen-bond acceptors (Lipinski definition) is 3. The van der Waals surface area contributed by atoms with Crippen LogP contribution in [0.4, 0.5) is 15.9 Å². The van der Waals surface area contributed by atoms with Crippen molar-refractivity contribution in [1.29, 1.82) is 0 Å². The predicted molar refractivity (Wildman–Crippen MR) is 75.7 cm³/mol. The lowest BCUT2D eigenvalue weighted by Crippen LogP contribution is -2.15. The summed E-state index contributed by atoms with van der Waals surface area (Å²) in [4.78, 5) is 15.5. The minimum absolute atomic E-state index is 0.000545. The standard InChI is InChI=1S/C12H9FIN3O/c13-7-5-10(11(15)16-6-7)12(18)17-9-3-1-8(14)2-4-9/h1-6H,(H2,15,16)(H,17,18). The van der Waals surface area contributed by atoms with Crippen LogP contribution >= 0.6 is 22.6 Å². The molecule has 0 fully saturated rings. The normalized spacial score (nSPS) is 10.1. The van der Waals surface area contributed by atoms with Crippen molar-refractivity contribution >= 4 is 40.0 Å². The van der Waals surface area contributed by atoms with Gasteiger partial charge in [0.2, 0.25) is 0 Å². The average Bonchev–Trinajstić information content (AvgIpc) is 2.35. The molecule has 92 valence electrons. The highest BCUT2D eigenvalue weighted by atomic mass is 127. The largest absolute Gasteiger partial charge is 0.383 e. The molecule has 0 unspecified atom stereocenters. The van der Waals surface area contributed by atoms with E-state index in [0.29, 0.717) is 5.69 Å². The van der Waals surface area contributed by atoms with Gasteiger partial charge in [-0.1, -0.05) is 0 Å². The van der Waals surface area contributed by atoms with Gasteiger partial charge in [0.15, 0.2) is 0 Å². The highest BCUT2D eigenvalue weighted by molar-refractivity contribution is 14.1. The fourth-order valence-corrected chi connectivity index (χ4v) is 1.72. The minimum atomic E-state index is -0.600. The quantitative estimate of drug-likeness (QED) is 0.813. The van der Waals surface area contributed by atoms with Crippen LogP contribution in [0.3, 0.4) is 0 Å². The molecular weight excluding hydrogens is 348 g/mol. The molecule has 0 aliphatic heterocycles. The molecule has 2 rings (SSSR count). The molecule has 1 heterocycles. The van der Waals surface area contributed by atoms with Crippen molar-refractivity contribution in [2.45, 2.75) is 0 Å². The highest BCUT2D eigenvalue weighted by Crippen LogP contribution is 2.15. The van der Waals surface area contributed by atoms with Gasteiger partial charge in [0, 0.05) is 9.26 Å². The molecular formula is C12H9FIN3O. The van der Waals surface area contributed by atoms with Crippen LogP contribution in [-0.2, 0) is 0 Å². The van der Waals surface area contributed by atoms with Gasteiger partial charge in [-0.25, -0.2) is 9.37 Å². The summed E-state index contributed by atoms with van der Waals surface area (Å²) in [6.45, 7) is 0. The molecule has 6 heteroatoms. The fourth-order valence-electron chi connectivity index (χ4n) is 1.36. The van der Waals surface area contributed by atoms with Crippen LogP contribution in [0.2, 0.25) is 0 Å². The average molecular weight is 357 g/mol. The number of nitrogens with one attached hydrogen (secondary N) is 1. The van der Waals surface area contributed by atoms with E-state index >= 15 is 0 Å². The number of aromatic nitrogens is 1. The first kappa shape index (κ1) is 12.7. The summed E-state index contributed by atoms with van der Waals surface area (Å²) in [5.41, 5.74) is 6.17. The number of rotatable bonds is 2. The number of halogens is 2. The molecule has 3 N–H and O–H groups in total. The Bertz CT molecular complexity index is 586. The van der Waals surface area contributed by atoms with E-state index in [-0.39, 0.29) is 11.4 Å². The first-order chi connectivity index (χ1) is 8.56. The van der Waals surface area contributed by atoms with Crippen molar-refractivity contribution in [3.8, 4) is 0 Å². The summed E-state index contributed by atoms with van der Waals surface area (Å²) >= 11 is 2.16. The smallest absolute Gasteiger partial charge is 0.259 e. The summed E-state index contributed by atoms with van der Waals surface area (Å²) in [6, 6.07) is 8.27. The van der Waals surface area contributed by atoms with Crippen molar-refractivity contribution in [2.75, 3.05) is 11.1 Å². The number of hydrogen-bond donors (Lipinski definition) is 2. The molecule has 18 heavy (non-hydrogen) atoms. The van der Waals surface area contributed by atoms with E-state index in [1.807, 2.05) is 12.1 Å². The molecule has 0 aliphatic rings. The Morgan fingerprint density at radius 1 is 1.33 bits per heavy atom. The van der Waals surface area contributed by atoms with Crippen LogP contribution in [0, 0.1) is 9.39 Å². The first-order valence-electron chi connectivity index (χ1n) is 5.04. The van der Waals surface area contributed by atoms with Gasteiger partial charge in [0.1, 0.15) is 11.6 Å². The van der Waals surface area contributed by atoms with Crippen LogP contribution in [0.25, 0.3) is 0 Å². The van der Waals surface area contributed by atoms with Crippen molar-refractivity contribution in [3.05, 3.63) is 51.5 Å². The van der Waals surface area contributed by atoms with E-state index in [1.54, 1.807) is 12.1 Å². The van der Waals surface area contributed by atoms with Crippen molar-refractivity contribution in [2.24, 2.45) is 0 Å². The third-order valence-corrected chi connectivity index (χ3v) is 2.95. The number of nitrogens with zero attached hydrogens (tertiary/aromatic N) is 1. The zero-order valence-electron chi connectivity index (χ0n) is 9.15. The second-order valence-electron chi connectivity index (χ2n) is 3.55. The zero-order chi connectivity index (χ0) is 13.1. The predicted octanol–water partition coefficient (Wildman–Crippen LogP) is 2.66. The fraction of sp³-hybridized carbons (Fsp3) is 0. The van der Waals surface area contributed by atoms with Gasteiger partial charge in [0.25, 0.3) is 5.91 Å². The van der Waals surface area contributed by atoms with Crippen molar-refractivity contribution < 1.29 is 9.18 Å². The molecule has 4 nitrogen and oxygen atoms in total. The third-order valence-electron chi connectivity index (χ3n) is 2.23. The molecule has 0 bridgehead atoms. The zero-order valence-corrected chi connectivity index (χ0v) is 11.3. The number of anilines is 2. The summed E-state index contributed by atoms with van der Waals surface area (Å²) in [5.74, 6) is -1.09. The van der Waals surface area contributed by atoms with Gasteiger partial charge in [0.05, 0.1) is 11.8 Å². The first-order valence-corrected chi connectivity index (χ1v) is 6.12. The molecule has 2 aromatic rings. The summed E-state index contributed by atoms with van der Waals surface area (Å²) in [5, 5.41) is 2.62. The Labute approximate surface area is 117 Å². The van der Waals surface area contributed by atoms with Crippen LogP contribution in [0.15, 0.2) is 36.5 Å². The Hall–Kier alpha value is -1.70. The van der Waals surface area contributed by atoms with E-state index in [9.17, 15) is 9.18 Å². The second kappa shape index (κ2) is 5.30. The van der Waals surface area contributed by atoms with E-state index < -0.39 is 11.7 Å². The maximum atomic E-state index is 13.0. The SMILES string of the molecule is Nc1ncc(F)cc1C(=O)Nc1ccc(I)cc1. The van der Waals surface area contributed by atoms with Crippen molar-refractivity contribution in [3.63, 3.8) is 0 Å². The third kappa shape index (κ3) is 2.95. The Morgan fingerprint density at radius 3 is 2.67 bits per heavy atom. The maximum Gasteiger partial charge on any atom is 0.259 e. The van der Waals surface area contributed by atoms with Crippen LogP contribution < -0.4 is 11.1 Å². The second-order valence-corrected chi connectivity index (χ2v) is 4.79. The Morgan fingerprint density at radius 2 is 2.00 bits per heavy atom. The van der Waals surface area contributed by atoms with Crippen LogP contribution in [0.5, 0.6) is 0 Å². The number of carbonyl (C=O) groups excluding carboxylic acids is 1.